The summed E-state index contributed by atoms with van der Waals surface area (Å²) in [7, 11) is 0. The number of pyridine rings is 1. The predicted molar refractivity (Wildman–Crippen MR) is 106 cm³/mol. The third-order valence-corrected chi connectivity index (χ3v) is 3.45. The number of nitrogens with zero attached hydrogens (tertiary/aromatic N) is 1. The van der Waals surface area contributed by atoms with Crippen LogP contribution < -0.4 is 0 Å². The molecule has 1 heterocycles. The Labute approximate surface area is 147 Å². The molecule has 0 radical (unpaired) electrons. The second-order valence-electron chi connectivity index (χ2n) is 6.29. The van der Waals surface area contributed by atoms with E-state index < -0.39 is 0 Å². The van der Waals surface area contributed by atoms with E-state index in [9.17, 15) is 0 Å². The summed E-state index contributed by atoms with van der Waals surface area (Å²) in [6.45, 7) is 12.4. The van der Waals surface area contributed by atoms with Crippen LogP contribution in [0.5, 0.6) is 0 Å². The number of rotatable bonds is 0. The summed E-state index contributed by atoms with van der Waals surface area (Å²) >= 11 is 0. The van der Waals surface area contributed by atoms with Gasteiger partial charge in [0.15, 0.2) is 0 Å². The van der Waals surface area contributed by atoms with Crippen molar-refractivity contribution >= 4 is 0 Å². The quantitative estimate of drug-likeness (QED) is 0.473. The molecule has 0 saturated carbocycles. The zero-order chi connectivity index (χ0) is 17.9. The van der Waals surface area contributed by atoms with Gasteiger partial charge >= 0.3 is 0 Å². The Kier molecular flexibility index (Phi) is 8.49. The second-order valence-corrected chi connectivity index (χ2v) is 6.29. The maximum absolute atomic E-state index is 4.08. The Balaban J connectivity index is 0.000000180. The van der Waals surface area contributed by atoms with Crippen LogP contribution in [0.2, 0.25) is 0 Å². The summed E-state index contributed by atoms with van der Waals surface area (Å²) in [4.78, 5) is 4.08. The number of aromatic nitrogens is 1. The summed E-state index contributed by atoms with van der Waals surface area (Å²) in [6, 6.07) is 21.0. The summed E-state index contributed by atoms with van der Waals surface area (Å²) in [5, 5.41) is 0. The molecule has 0 atom stereocenters. The van der Waals surface area contributed by atoms with E-state index in [1.54, 1.807) is 0 Å². The molecule has 0 unspecified atom stereocenters. The van der Waals surface area contributed by atoms with Crippen molar-refractivity contribution in [3.63, 3.8) is 0 Å². The van der Waals surface area contributed by atoms with Crippen molar-refractivity contribution in [3.05, 3.63) is 100 Å². The summed E-state index contributed by atoms with van der Waals surface area (Å²) in [5.74, 6) is 0. The van der Waals surface area contributed by atoms with E-state index in [-0.39, 0.29) is 0 Å². The third kappa shape index (κ3) is 8.89. The van der Waals surface area contributed by atoms with Gasteiger partial charge in [0.25, 0.3) is 0 Å². The molecule has 0 N–H and O–H groups in total. The van der Waals surface area contributed by atoms with Gasteiger partial charge in [0, 0.05) is 11.9 Å². The first-order valence-electron chi connectivity index (χ1n) is 8.32. The Morgan fingerprint density at radius 3 is 1.25 bits per heavy atom. The molecule has 1 nitrogen and oxygen atoms in total. The SMILES string of the molecule is Cc1ccc(C)cc1.Cc1ccc(C)nc1.Cc1cccc(C)c1. The second kappa shape index (κ2) is 10.4. The summed E-state index contributed by atoms with van der Waals surface area (Å²) < 4.78 is 0. The first-order chi connectivity index (χ1) is 11.4. The van der Waals surface area contributed by atoms with Crippen LogP contribution in [0.15, 0.2) is 66.9 Å². The number of hydrogen-bond acceptors (Lipinski definition) is 1. The van der Waals surface area contributed by atoms with Gasteiger partial charge in [0.05, 0.1) is 0 Å². The van der Waals surface area contributed by atoms with Crippen LogP contribution in [-0.4, -0.2) is 4.98 Å². The van der Waals surface area contributed by atoms with Crippen LogP contribution in [0, 0.1) is 41.5 Å². The minimum atomic E-state index is 1.08. The van der Waals surface area contributed by atoms with Gasteiger partial charge in [0.2, 0.25) is 0 Å². The van der Waals surface area contributed by atoms with Crippen LogP contribution in [0.25, 0.3) is 0 Å². The van der Waals surface area contributed by atoms with Crippen molar-refractivity contribution in [2.75, 3.05) is 0 Å². The van der Waals surface area contributed by atoms with E-state index in [0.717, 1.165) is 5.69 Å². The molecular formula is C23H29N. The molecule has 0 aliphatic heterocycles. The van der Waals surface area contributed by atoms with E-state index >= 15 is 0 Å². The van der Waals surface area contributed by atoms with Crippen LogP contribution >= 0.6 is 0 Å². The van der Waals surface area contributed by atoms with Crippen molar-refractivity contribution in [1.82, 2.24) is 4.98 Å². The molecule has 0 spiro atoms. The first kappa shape index (κ1) is 19.6. The van der Waals surface area contributed by atoms with E-state index in [1.165, 1.54) is 27.8 Å². The highest BCUT2D eigenvalue weighted by molar-refractivity contribution is 5.20. The standard InChI is InChI=1S/2C8H10.C7H9N/c1-7-3-5-8(2)6-4-7;1-7-4-3-5-8(2)6-7;1-6-3-4-7(2)8-5-6/h2*3-6H,1-2H3;3-5H,1-2H3. The van der Waals surface area contributed by atoms with Gasteiger partial charge < -0.3 is 0 Å². The molecule has 3 aromatic rings. The Hall–Kier alpha value is -2.41. The highest BCUT2D eigenvalue weighted by Crippen LogP contribution is 2.00. The van der Waals surface area contributed by atoms with Crippen molar-refractivity contribution in [3.8, 4) is 0 Å². The lowest BCUT2D eigenvalue weighted by Gasteiger charge is -1.90. The predicted octanol–water partition coefficient (Wildman–Crippen LogP) is 6.31. The lowest BCUT2D eigenvalue weighted by molar-refractivity contribution is 1.17. The average molecular weight is 319 g/mol. The molecule has 0 aliphatic carbocycles. The van der Waals surface area contributed by atoms with Crippen molar-refractivity contribution < 1.29 is 0 Å². The zero-order valence-electron chi connectivity index (χ0n) is 15.8. The Morgan fingerprint density at radius 2 is 0.958 bits per heavy atom. The van der Waals surface area contributed by atoms with Gasteiger partial charge in [-0.3, -0.25) is 4.98 Å². The molecule has 1 aromatic heterocycles. The van der Waals surface area contributed by atoms with Crippen LogP contribution in [-0.2, 0) is 0 Å². The summed E-state index contributed by atoms with van der Waals surface area (Å²) in [5.41, 5.74) is 7.63. The van der Waals surface area contributed by atoms with Crippen LogP contribution in [0.4, 0.5) is 0 Å². The fourth-order valence-corrected chi connectivity index (χ4v) is 1.99. The molecule has 24 heavy (non-hydrogen) atoms. The molecule has 0 amide bonds. The molecule has 3 rings (SSSR count). The average Bonchev–Trinajstić information content (AvgIpc) is 2.54. The van der Waals surface area contributed by atoms with Crippen molar-refractivity contribution in [1.29, 1.82) is 0 Å². The lowest BCUT2D eigenvalue weighted by Crippen LogP contribution is -1.78. The monoisotopic (exact) mass is 319 g/mol. The molecule has 0 aliphatic rings. The van der Waals surface area contributed by atoms with Crippen molar-refractivity contribution in [2.24, 2.45) is 0 Å². The van der Waals surface area contributed by atoms with E-state index in [1.807, 2.05) is 26.1 Å². The molecule has 0 bridgehead atoms. The van der Waals surface area contributed by atoms with Gasteiger partial charge in [0.1, 0.15) is 0 Å². The third-order valence-electron chi connectivity index (χ3n) is 3.45. The van der Waals surface area contributed by atoms with E-state index in [0.29, 0.717) is 0 Å². The van der Waals surface area contributed by atoms with E-state index in [4.69, 9.17) is 0 Å². The van der Waals surface area contributed by atoms with E-state index in [2.05, 4.69) is 87.3 Å². The maximum Gasteiger partial charge on any atom is 0.0372 e. The molecule has 1 heteroatoms. The Bertz CT molecular complexity index is 607. The smallest absolute Gasteiger partial charge is 0.0372 e. The minimum absolute atomic E-state index is 1.08. The zero-order valence-corrected chi connectivity index (χ0v) is 15.8. The van der Waals surface area contributed by atoms with Crippen LogP contribution in [0.3, 0.4) is 0 Å². The summed E-state index contributed by atoms with van der Waals surface area (Å²) in [6.07, 6.45) is 1.87. The molecule has 126 valence electrons. The number of hydrogen-bond donors (Lipinski definition) is 0. The largest absolute Gasteiger partial charge is 0.261 e. The topological polar surface area (TPSA) is 12.9 Å². The van der Waals surface area contributed by atoms with Crippen molar-refractivity contribution in [2.45, 2.75) is 41.5 Å². The van der Waals surface area contributed by atoms with Gasteiger partial charge in [-0.25, -0.2) is 0 Å². The normalized spacial score (nSPS) is 9.25. The highest BCUT2D eigenvalue weighted by atomic mass is 14.6. The van der Waals surface area contributed by atoms with Gasteiger partial charge in [-0.1, -0.05) is 76.9 Å². The van der Waals surface area contributed by atoms with Gasteiger partial charge in [-0.15, -0.1) is 0 Å². The number of aryl methyl sites for hydroxylation is 6. The number of benzene rings is 2. The van der Waals surface area contributed by atoms with Gasteiger partial charge in [-0.05, 0) is 53.2 Å². The lowest BCUT2D eigenvalue weighted by atomic mass is 10.2. The maximum atomic E-state index is 4.08. The van der Waals surface area contributed by atoms with Gasteiger partial charge in [-0.2, -0.15) is 0 Å². The first-order valence-corrected chi connectivity index (χ1v) is 8.32. The minimum Gasteiger partial charge on any atom is -0.261 e. The molecule has 0 fully saturated rings. The fourth-order valence-electron chi connectivity index (χ4n) is 1.99. The molecule has 2 aromatic carbocycles. The van der Waals surface area contributed by atoms with Crippen LogP contribution in [0.1, 0.15) is 33.5 Å². The Morgan fingerprint density at radius 1 is 0.500 bits per heavy atom. The highest BCUT2D eigenvalue weighted by Gasteiger charge is 1.82. The molecular weight excluding hydrogens is 290 g/mol. The fraction of sp³-hybridized carbons (Fsp3) is 0.261. The molecule has 0 saturated heterocycles.